The number of carboxylic acid groups (broad SMARTS) is 2. The molecule has 1 aromatic carbocycles. The van der Waals surface area contributed by atoms with E-state index in [0.717, 1.165) is 12.2 Å². The fraction of sp³-hybridized carbons (Fsp3) is 0.160. The maximum atomic E-state index is 13.4. The van der Waals surface area contributed by atoms with E-state index in [1.165, 1.54) is 18.5 Å². The van der Waals surface area contributed by atoms with E-state index in [1.54, 1.807) is 12.1 Å². The molecule has 1 aliphatic carbocycles. The first-order valence-corrected chi connectivity index (χ1v) is 11.2. The molecule has 0 unspecified atom stereocenters. The molecule has 1 aliphatic rings. The Bertz CT molecular complexity index is 1260. The van der Waals surface area contributed by atoms with Crippen LogP contribution in [-0.4, -0.2) is 76.7 Å². The lowest BCUT2D eigenvalue weighted by atomic mass is 9.83. The third-order valence-electron chi connectivity index (χ3n) is 5.20. The van der Waals surface area contributed by atoms with Gasteiger partial charge in [0.15, 0.2) is 11.6 Å². The molecule has 0 saturated carbocycles. The summed E-state index contributed by atoms with van der Waals surface area (Å²) in [5.41, 5.74) is 1.29. The first-order valence-electron chi connectivity index (χ1n) is 11.2. The quantitative estimate of drug-likeness (QED) is 0.140. The lowest BCUT2D eigenvalue weighted by Crippen LogP contribution is -2.30. The predicted octanol–water partition coefficient (Wildman–Crippen LogP) is 0.195. The summed E-state index contributed by atoms with van der Waals surface area (Å²) in [6.07, 6.45) is 5.90. The van der Waals surface area contributed by atoms with Crippen molar-refractivity contribution in [3.63, 3.8) is 0 Å². The Morgan fingerprint density at radius 3 is 1.63 bits per heavy atom. The maximum Gasteiger partial charge on any atom is 0.328 e. The van der Waals surface area contributed by atoms with Gasteiger partial charge in [0.1, 0.15) is 0 Å². The van der Waals surface area contributed by atoms with Gasteiger partial charge in [-0.05, 0) is 18.2 Å². The van der Waals surface area contributed by atoms with Gasteiger partial charge in [0.2, 0.25) is 11.8 Å². The van der Waals surface area contributed by atoms with E-state index >= 15 is 0 Å². The van der Waals surface area contributed by atoms with E-state index < -0.39 is 35.3 Å². The summed E-state index contributed by atoms with van der Waals surface area (Å²) in [6.45, 7) is 0.555. The molecule has 0 radical (unpaired) electrons. The first-order chi connectivity index (χ1) is 18.2. The number of rotatable bonds is 12. The molecule has 2 amide bonds. The molecule has 0 aliphatic heterocycles. The smallest absolute Gasteiger partial charge is 0.328 e. The molecule has 3 rings (SSSR count). The van der Waals surface area contributed by atoms with Gasteiger partial charge in [0, 0.05) is 79.8 Å². The van der Waals surface area contributed by atoms with Gasteiger partial charge in [-0.15, -0.1) is 0 Å². The number of benzene rings is 1. The van der Waals surface area contributed by atoms with Gasteiger partial charge in [0.25, 0.3) is 0 Å². The summed E-state index contributed by atoms with van der Waals surface area (Å²) < 4.78 is 0. The van der Waals surface area contributed by atoms with Crippen LogP contribution < -0.4 is 21.3 Å². The molecule has 196 valence electrons. The van der Waals surface area contributed by atoms with Crippen LogP contribution in [0, 0.1) is 0 Å². The second-order valence-corrected chi connectivity index (χ2v) is 7.77. The number of aliphatic carboxylic acids is 2. The van der Waals surface area contributed by atoms with Gasteiger partial charge in [-0.2, -0.15) is 0 Å². The molecule has 38 heavy (non-hydrogen) atoms. The highest BCUT2D eigenvalue weighted by Crippen LogP contribution is 2.36. The van der Waals surface area contributed by atoms with Crippen LogP contribution in [0.3, 0.4) is 0 Å². The number of aromatic nitrogens is 1. The van der Waals surface area contributed by atoms with E-state index in [4.69, 9.17) is 10.2 Å². The summed E-state index contributed by atoms with van der Waals surface area (Å²) in [7, 11) is 0. The topological polar surface area (TPSA) is 204 Å². The van der Waals surface area contributed by atoms with Crippen molar-refractivity contribution in [1.82, 2.24) is 15.6 Å². The normalized spacial score (nSPS) is 12.1. The van der Waals surface area contributed by atoms with Crippen molar-refractivity contribution >= 4 is 46.7 Å². The van der Waals surface area contributed by atoms with Gasteiger partial charge < -0.3 is 31.5 Å². The third-order valence-corrected chi connectivity index (χ3v) is 5.20. The SMILES string of the molecule is O=C(O)/C=C\C(=O)NCCNc1ccc(NCCNC(=O)/C=C\C(=O)O)c2c1C(=O)c1ccncc1C2=O. The molecule has 0 fully saturated rings. The van der Waals surface area contributed by atoms with Gasteiger partial charge in [-0.3, -0.25) is 24.2 Å². The van der Waals surface area contributed by atoms with Gasteiger partial charge >= 0.3 is 11.9 Å². The zero-order valence-corrected chi connectivity index (χ0v) is 19.8. The number of ketones is 2. The number of carbonyl (C=O) groups is 6. The molecule has 0 spiro atoms. The van der Waals surface area contributed by atoms with Crippen LogP contribution in [-0.2, 0) is 19.2 Å². The highest BCUT2D eigenvalue weighted by molar-refractivity contribution is 6.31. The molecule has 1 aromatic heterocycles. The van der Waals surface area contributed by atoms with Crippen LogP contribution in [0.2, 0.25) is 0 Å². The summed E-state index contributed by atoms with van der Waals surface area (Å²) in [5.74, 6) is -4.54. The van der Waals surface area contributed by atoms with Crippen molar-refractivity contribution in [2.45, 2.75) is 0 Å². The van der Waals surface area contributed by atoms with E-state index in [1.807, 2.05) is 0 Å². The standard InChI is InChI=1S/C25H23N5O8/c31-18(3-5-20(33)34)29-11-9-27-16-1-2-17(28-10-12-30-19(32)4-6-21(35)36)23-22(16)24(37)14-7-8-26-13-15(14)25(23)38/h1-8,13,27-28H,9-12H2,(H,29,31)(H,30,32)(H,33,34)(H,35,36)/b5-3-,6-4-. The Hall–Kier alpha value is -5.33. The lowest BCUT2D eigenvalue weighted by Gasteiger charge is -2.23. The second-order valence-electron chi connectivity index (χ2n) is 7.77. The van der Waals surface area contributed by atoms with Crippen LogP contribution in [0.5, 0.6) is 0 Å². The lowest BCUT2D eigenvalue weighted by molar-refractivity contribution is -0.132. The Morgan fingerprint density at radius 1 is 0.684 bits per heavy atom. The zero-order valence-electron chi connectivity index (χ0n) is 19.8. The molecule has 0 bridgehead atoms. The zero-order chi connectivity index (χ0) is 27.7. The Balaban J connectivity index is 1.76. The highest BCUT2D eigenvalue weighted by Gasteiger charge is 2.34. The maximum absolute atomic E-state index is 13.4. The van der Waals surface area contributed by atoms with Crippen molar-refractivity contribution in [3.8, 4) is 0 Å². The fourth-order valence-electron chi connectivity index (χ4n) is 3.59. The molecular weight excluding hydrogens is 498 g/mol. The summed E-state index contributed by atoms with van der Waals surface area (Å²) >= 11 is 0. The second kappa shape index (κ2) is 12.6. The van der Waals surface area contributed by atoms with E-state index in [2.05, 4.69) is 26.3 Å². The molecule has 13 heteroatoms. The van der Waals surface area contributed by atoms with Crippen LogP contribution in [0.1, 0.15) is 31.8 Å². The Labute approximate surface area is 215 Å². The van der Waals surface area contributed by atoms with Crippen molar-refractivity contribution in [1.29, 1.82) is 0 Å². The van der Waals surface area contributed by atoms with Crippen molar-refractivity contribution in [3.05, 3.63) is 77.2 Å². The molecule has 2 aromatic rings. The highest BCUT2D eigenvalue weighted by atomic mass is 16.4. The van der Waals surface area contributed by atoms with Crippen LogP contribution in [0.15, 0.2) is 54.9 Å². The van der Waals surface area contributed by atoms with Crippen LogP contribution in [0.4, 0.5) is 11.4 Å². The molecule has 0 saturated heterocycles. The van der Waals surface area contributed by atoms with Gasteiger partial charge in [-0.25, -0.2) is 9.59 Å². The summed E-state index contributed by atoms with van der Waals surface area (Å²) in [4.78, 5) is 75.0. The molecule has 0 atom stereocenters. The van der Waals surface area contributed by atoms with Gasteiger partial charge in [0.05, 0.1) is 16.7 Å². The number of fused-ring (bicyclic) bond motifs is 2. The number of nitrogens with zero attached hydrogens (tertiary/aromatic N) is 1. The fourth-order valence-corrected chi connectivity index (χ4v) is 3.59. The Morgan fingerprint density at radius 2 is 1.16 bits per heavy atom. The first kappa shape index (κ1) is 27.3. The Kier molecular flexibility index (Phi) is 9.02. The summed E-state index contributed by atoms with van der Waals surface area (Å²) in [5, 5.41) is 28.2. The molecule has 1 heterocycles. The number of amides is 2. The largest absolute Gasteiger partial charge is 0.478 e. The number of pyridine rings is 1. The number of nitrogens with one attached hydrogen (secondary N) is 4. The number of hydrogen-bond acceptors (Lipinski definition) is 9. The van der Waals surface area contributed by atoms with E-state index in [-0.39, 0.29) is 48.4 Å². The van der Waals surface area contributed by atoms with E-state index in [0.29, 0.717) is 23.5 Å². The number of carbonyl (C=O) groups excluding carboxylic acids is 4. The third kappa shape index (κ3) is 6.87. The number of carboxylic acids is 2. The van der Waals surface area contributed by atoms with Crippen LogP contribution >= 0.6 is 0 Å². The van der Waals surface area contributed by atoms with Crippen molar-refractivity contribution in [2.75, 3.05) is 36.8 Å². The molecular formula is C25H23N5O8. The average Bonchev–Trinajstić information content (AvgIpc) is 2.89. The van der Waals surface area contributed by atoms with Gasteiger partial charge in [-0.1, -0.05) is 0 Å². The number of anilines is 2. The average molecular weight is 521 g/mol. The minimum absolute atomic E-state index is 0.105. The molecule has 13 nitrogen and oxygen atoms in total. The minimum atomic E-state index is -1.26. The predicted molar refractivity (Wildman–Crippen MR) is 134 cm³/mol. The van der Waals surface area contributed by atoms with Crippen LogP contribution in [0.25, 0.3) is 0 Å². The number of hydrogen-bond donors (Lipinski definition) is 6. The minimum Gasteiger partial charge on any atom is -0.478 e. The van der Waals surface area contributed by atoms with Crippen molar-refractivity contribution in [2.24, 2.45) is 0 Å². The molecule has 6 N–H and O–H groups in total. The summed E-state index contributed by atoms with van der Waals surface area (Å²) in [6, 6.07) is 4.64. The van der Waals surface area contributed by atoms with E-state index in [9.17, 15) is 28.8 Å². The monoisotopic (exact) mass is 521 g/mol. The van der Waals surface area contributed by atoms with Crippen molar-refractivity contribution < 1.29 is 39.0 Å².